The molecule has 0 aliphatic heterocycles. The lowest BCUT2D eigenvalue weighted by atomic mass is 10.1. The standard InChI is InChI=1S/C14H18Cl2N6/c1-8(10-5-4-9(15)6-11(10)16)18-7-12-19-13(17)21-14(20-12)22(2)3/h4-6,8,18H,7H2,1-3H3,(H2,17,19,20,21). The second kappa shape index (κ2) is 7.09. The van der Waals surface area contributed by atoms with E-state index in [-0.39, 0.29) is 12.0 Å². The molecule has 0 saturated carbocycles. The Morgan fingerprint density at radius 3 is 2.59 bits per heavy atom. The van der Waals surface area contributed by atoms with Gasteiger partial charge in [0.15, 0.2) is 0 Å². The summed E-state index contributed by atoms with van der Waals surface area (Å²) in [5.41, 5.74) is 6.66. The lowest BCUT2D eigenvalue weighted by Crippen LogP contribution is -2.22. The molecular weight excluding hydrogens is 323 g/mol. The van der Waals surface area contributed by atoms with Crippen molar-refractivity contribution in [2.75, 3.05) is 24.7 Å². The highest BCUT2D eigenvalue weighted by Crippen LogP contribution is 2.26. The smallest absolute Gasteiger partial charge is 0.229 e. The molecule has 0 bridgehead atoms. The number of hydrogen-bond donors (Lipinski definition) is 2. The van der Waals surface area contributed by atoms with Crippen molar-refractivity contribution < 1.29 is 0 Å². The van der Waals surface area contributed by atoms with E-state index in [0.717, 1.165) is 5.56 Å². The Hall–Kier alpha value is -1.63. The molecule has 0 aliphatic carbocycles. The van der Waals surface area contributed by atoms with E-state index in [4.69, 9.17) is 28.9 Å². The zero-order valence-corrected chi connectivity index (χ0v) is 14.2. The molecule has 1 aromatic carbocycles. The van der Waals surface area contributed by atoms with Crippen molar-refractivity contribution in [2.24, 2.45) is 0 Å². The topological polar surface area (TPSA) is 80.0 Å². The maximum Gasteiger partial charge on any atom is 0.229 e. The van der Waals surface area contributed by atoms with E-state index in [0.29, 0.717) is 28.4 Å². The van der Waals surface area contributed by atoms with Crippen LogP contribution in [-0.2, 0) is 6.54 Å². The molecule has 0 radical (unpaired) electrons. The molecule has 0 saturated heterocycles. The van der Waals surface area contributed by atoms with Crippen molar-refractivity contribution >= 4 is 35.1 Å². The second-order valence-corrected chi connectivity index (χ2v) is 5.92. The molecule has 22 heavy (non-hydrogen) atoms. The second-order valence-electron chi connectivity index (χ2n) is 5.07. The molecule has 0 amide bonds. The Labute approximate surface area is 139 Å². The molecule has 118 valence electrons. The summed E-state index contributed by atoms with van der Waals surface area (Å²) in [5.74, 6) is 1.31. The van der Waals surface area contributed by atoms with Crippen LogP contribution in [0.4, 0.5) is 11.9 Å². The summed E-state index contributed by atoms with van der Waals surface area (Å²) in [6.07, 6.45) is 0. The molecule has 1 aromatic heterocycles. The van der Waals surface area contributed by atoms with Gasteiger partial charge in [0.1, 0.15) is 5.82 Å². The largest absolute Gasteiger partial charge is 0.368 e. The molecule has 6 nitrogen and oxygen atoms in total. The minimum Gasteiger partial charge on any atom is -0.368 e. The number of halogens is 2. The number of nitrogens with two attached hydrogens (primary N) is 1. The van der Waals surface area contributed by atoms with Crippen LogP contribution in [0.25, 0.3) is 0 Å². The summed E-state index contributed by atoms with van der Waals surface area (Å²) in [6, 6.07) is 5.45. The van der Waals surface area contributed by atoms with E-state index in [1.54, 1.807) is 11.0 Å². The summed E-state index contributed by atoms with van der Waals surface area (Å²) in [7, 11) is 3.70. The Morgan fingerprint density at radius 2 is 1.95 bits per heavy atom. The number of nitrogens with one attached hydrogen (secondary N) is 1. The molecule has 8 heteroatoms. The molecule has 1 atom stereocenters. The lowest BCUT2D eigenvalue weighted by molar-refractivity contribution is 0.558. The third-order valence-corrected chi connectivity index (χ3v) is 3.65. The molecule has 2 rings (SSSR count). The van der Waals surface area contributed by atoms with Crippen molar-refractivity contribution in [1.29, 1.82) is 0 Å². The van der Waals surface area contributed by atoms with Crippen LogP contribution in [0.15, 0.2) is 18.2 Å². The van der Waals surface area contributed by atoms with Gasteiger partial charge in [-0.3, -0.25) is 0 Å². The van der Waals surface area contributed by atoms with Crippen LogP contribution in [0.3, 0.4) is 0 Å². The van der Waals surface area contributed by atoms with E-state index >= 15 is 0 Å². The van der Waals surface area contributed by atoms with Gasteiger partial charge in [-0.05, 0) is 24.6 Å². The fraction of sp³-hybridized carbons (Fsp3) is 0.357. The van der Waals surface area contributed by atoms with Gasteiger partial charge in [0.25, 0.3) is 0 Å². The van der Waals surface area contributed by atoms with E-state index < -0.39 is 0 Å². The molecule has 0 fully saturated rings. The van der Waals surface area contributed by atoms with Gasteiger partial charge in [0.05, 0.1) is 6.54 Å². The predicted molar refractivity (Wildman–Crippen MR) is 90.3 cm³/mol. The number of anilines is 2. The molecular formula is C14H18Cl2N6. The predicted octanol–water partition coefficient (Wildman–Crippen LogP) is 2.68. The summed E-state index contributed by atoms with van der Waals surface area (Å²) in [4.78, 5) is 14.3. The number of rotatable bonds is 5. The van der Waals surface area contributed by atoms with Crippen LogP contribution >= 0.6 is 23.2 Å². The van der Waals surface area contributed by atoms with Gasteiger partial charge >= 0.3 is 0 Å². The van der Waals surface area contributed by atoms with Gasteiger partial charge in [-0.2, -0.15) is 15.0 Å². The number of nitrogens with zero attached hydrogens (tertiary/aromatic N) is 4. The van der Waals surface area contributed by atoms with Gasteiger partial charge in [-0.15, -0.1) is 0 Å². The number of aromatic nitrogens is 3. The van der Waals surface area contributed by atoms with Gasteiger partial charge in [-0.25, -0.2) is 0 Å². The summed E-state index contributed by atoms with van der Waals surface area (Å²) in [5, 5.41) is 4.55. The molecule has 1 heterocycles. The maximum absolute atomic E-state index is 6.21. The average Bonchev–Trinajstić information content (AvgIpc) is 2.44. The van der Waals surface area contributed by atoms with Crippen LogP contribution in [0.5, 0.6) is 0 Å². The fourth-order valence-electron chi connectivity index (χ4n) is 1.91. The van der Waals surface area contributed by atoms with Crippen LogP contribution < -0.4 is 16.0 Å². The first-order valence-electron chi connectivity index (χ1n) is 6.73. The average molecular weight is 341 g/mol. The number of hydrogen-bond acceptors (Lipinski definition) is 6. The monoisotopic (exact) mass is 340 g/mol. The highest BCUT2D eigenvalue weighted by atomic mass is 35.5. The third-order valence-electron chi connectivity index (χ3n) is 3.08. The van der Waals surface area contributed by atoms with Crippen molar-refractivity contribution in [3.8, 4) is 0 Å². The molecule has 2 aromatic rings. The Balaban J connectivity index is 2.09. The zero-order valence-electron chi connectivity index (χ0n) is 12.6. The number of benzene rings is 1. The first kappa shape index (κ1) is 16.7. The highest BCUT2D eigenvalue weighted by molar-refractivity contribution is 6.35. The van der Waals surface area contributed by atoms with Gasteiger partial charge in [-0.1, -0.05) is 29.3 Å². The minimum absolute atomic E-state index is 0.0190. The van der Waals surface area contributed by atoms with E-state index in [1.807, 2.05) is 33.2 Å². The van der Waals surface area contributed by atoms with Crippen LogP contribution in [0, 0.1) is 0 Å². The highest BCUT2D eigenvalue weighted by Gasteiger charge is 2.12. The Morgan fingerprint density at radius 1 is 1.23 bits per heavy atom. The SMILES string of the molecule is CC(NCc1nc(N)nc(N(C)C)n1)c1ccc(Cl)cc1Cl. The van der Waals surface area contributed by atoms with Crippen molar-refractivity contribution in [2.45, 2.75) is 19.5 Å². The molecule has 0 spiro atoms. The summed E-state index contributed by atoms with van der Waals surface area (Å²) >= 11 is 12.1. The van der Waals surface area contributed by atoms with Crippen molar-refractivity contribution in [1.82, 2.24) is 20.3 Å². The van der Waals surface area contributed by atoms with Gasteiger partial charge < -0.3 is 16.0 Å². The van der Waals surface area contributed by atoms with E-state index in [2.05, 4.69) is 20.3 Å². The molecule has 3 N–H and O–H groups in total. The van der Waals surface area contributed by atoms with Crippen LogP contribution in [-0.4, -0.2) is 29.0 Å². The molecule has 1 unspecified atom stereocenters. The van der Waals surface area contributed by atoms with Crippen LogP contribution in [0.1, 0.15) is 24.4 Å². The maximum atomic E-state index is 6.21. The minimum atomic E-state index is 0.0190. The quantitative estimate of drug-likeness (QED) is 0.870. The van der Waals surface area contributed by atoms with Crippen molar-refractivity contribution in [3.05, 3.63) is 39.6 Å². The van der Waals surface area contributed by atoms with E-state index in [1.165, 1.54) is 0 Å². The van der Waals surface area contributed by atoms with Gasteiger partial charge in [0, 0.05) is 30.2 Å². The third kappa shape index (κ3) is 4.19. The van der Waals surface area contributed by atoms with E-state index in [9.17, 15) is 0 Å². The van der Waals surface area contributed by atoms with Crippen molar-refractivity contribution in [3.63, 3.8) is 0 Å². The normalized spacial score (nSPS) is 12.2. The summed E-state index contributed by atoms with van der Waals surface area (Å²) in [6.45, 7) is 2.46. The number of nitrogen functional groups attached to an aromatic ring is 1. The van der Waals surface area contributed by atoms with Gasteiger partial charge in [0.2, 0.25) is 11.9 Å². The fourth-order valence-corrected chi connectivity index (χ4v) is 2.48. The first-order chi connectivity index (χ1) is 10.4. The lowest BCUT2D eigenvalue weighted by Gasteiger charge is -2.16. The van der Waals surface area contributed by atoms with Crippen LogP contribution in [0.2, 0.25) is 10.0 Å². The Kier molecular flexibility index (Phi) is 5.39. The summed E-state index contributed by atoms with van der Waals surface area (Å²) < 4.78 is 0. The first-order valence-corrected chi connectivity index (χ1v) is 7.48. The zero-order chi connectivity index (χ0) is 16.3. The molecule has 0 aliphatic rings. The Bertz CT molecular complexity index is 662.